The maximum absolute atomic E-state index is 12.6. The van der Waals surface area contributed by atoms with Crippen LogP contribution in [0.1, 0.15) is 50.3 Å². The van der Waals surface area contributed by atoms with Crippen molar-refractivity contribution in [2.45, 2.75) is 52.0 Å². The summed E-state index contributed by atoms with van der Waals surface area (Å²) in [6.07, 6.45) is 1.76. The summed E-state index contributed by atoms with van der Waals surface area (Å²) in [5, 5.41) is 9.30. The Morgan fingerprint density at radius 1 is 1.18 bits per heavy atom. The van der Waals surface area contributed by atoms with Gasteiger partial charge in [0.05, 0.1) is 0 Å². The molecule has 0 unspecified atom stereocenters. The molecular formula is C18H23NO3. The fourth-order valence-electron chi connectivity index (χ4n) is 3.14. The number of carbonyl (C=O) groups excluding carboxylic acids is 1. The highest BCUT2D eigenvalue weighted by Crippen LogP contribution is 2.48. The van der Waals surface area contributed by atoms with E-state index in [-0.39, 0.29) is 11.3 Å². The van der Waals surface area contributed by atoms with Crippen LogP contribution >= 0.6 is 0 Å². The van der Waals surface area contributed by atoms with E-state index in [9.17, 15) is 14.7 Å². The Labute approximate surface area is 131 Å². The Morgan fingerprint density at radius 2 is 1.86 bits per heavy atom. The third-order valence-electron chi connectivity index (χ3n) is 4.94. The number of fused-ring (bicyclic) bond motifs is 1. The van der Waals surface area contributed by atoms with Gasteiger partial charge in [-0.15, -0.1) is 0 Å². The lowest BCUT2D eigenvalue weighted by Gasteiger charge is -2.32. The molecule has 118 valence electrons. The molecule has 1 N–H and O–H groups in total. The fourth-order valence-corrected chi connectivity index (χ4v) is 3.14. The van der Waals surface area contributed by atoms with Gasteiger partial charge >= 0.3 is 5.97 Å². The predicted molar refractivity (Wildman–Crippen MR) is 83.6 cm³/mol. The highest BCUT2D eigenvalue weighted by molar-refractivity contribution is 6.04. The largest absolute Gasteiger partial charge is 0.480 e. The summed E-state index contributed by atoms with van der Waals surface area (Å²) in [7, 11) is 0. The van der Waals surface area contributed by atoms with Crippen LogP contribution in [-0.4, -0.2) is 28.4 Å². The van der Waals surface area contributed by atoms with E-state index < -0.39 is 11.4 Å². The molecule has 3 rings (SSSR count). The van der Waals surface area contributed by atoms with Gasteiger partial charge in [-0.3, -0.25) is 9.59 Å². The number of hydrogen-bond acceptors (Lipinski definition) is 2. The van der Waals surface area contributed by atoms with Crippen LogP contribution < -0.4 is 0 Å². The first kappa shape index (κ1) is 15.1. The van der Waals surface area contributed by atoms with Crippen LogP contribution in [0.3, 0.4) is 0 Å². The number of rotatable bonds is 2. The number of carboxylic acid groups (broad SMARTS) is 1. The van der Waals surface area contributed by atoms with Crippen LogP contribution in [0, 0.1) is 5.41 Å². The van der Waals surface area contributed by atoms with Crippen LogP contribution in [0.4, 0.5) is 0 Å². The van der Waals surface area contributed by atoms with Gasteiger partial charge in [-0.2, -0.15) is 0 Å². The highest BCUT2D eigenvalue weighted by atomic mass is 16.4. The molecule has 1 saturated carbocycles. The molecule has 0 bridgehead atoms. The molecule has 1 aromatic carbocycles. The molecule has 1 heterocycles. The van der Waals surface area contributed by atoms with Crippen molar-refractivity contribution in [3.8, 4) is 0 Å². The lowest BCUT2D eigenvalue weighted by atomic mass is 9.84. The minimum Gasteiger partial charge on any atom is -0.480 e. The van der Waals surface area contributed by atoms with E-state index in [0.29, 0.717) is 25.9 Å². The summed E-state index contributed by atoms with van der Waals surface area (Å²) in [6, 6.07) is 6.49. The molecule has 0 saturated heterocycles. The second-order valence-corrected chi connectivity index (χ2v) is 7.60. The van der Waals surface area contributed by atoms with Gasteiger partial charge in [0.15, 0.2) is 0 Å². The number of carbonyl (C=O) groups is 2. The Bertz CT molecular complexity index is 638. The molecule has 0 radical (unpaired) electrons. The Hall–Kier alpha value is -1.84. The number of carboxylic acids is 1. The van der Waals surface area contributed by atoms with Gasteiger partial charge in [-0.25, -0.2) is 0 Å². The molecule has 1 amide bonds. The fraction of sp³-hybridized carbons (Fsp3) is 0.556. The van der Waals surface area contributed by atoms with Crippen molar-refractivity contribution < 1.29 is 14.7 Å². The average Bonchev–Trinajstić information content (AvgIpc) is 3.26. The molecule has 4 heteroatoms. The number of hydrogen-bond donors (Lipinski definition) is 1. The molecule has 0 spiro atoms. The average molecular weight is 301 g/mol. The number of nitrogens with zero attached hydrogens (tertiary/aromatic N) is 1. The molecule has 4 nitrogen and oxygen atoms in total. The van der Waals surface area contributed by atoms with E-state index in [1.54, 1.807) is 4.90 Å². The topological polar surface area (TPSA) is 57.6 Å². The molecule has 0 atom stereocenters. The van der Waals surface area contributed by atoms with E-state index in [4.69, 9.17) is 0 Å². The quantitative estimate of drug-likeness (QED) is 0.855. The molecule has 2 aliphatic rings. The summed E-state index contributed by atoms with van der Waals surface area (Å²) < 4.78 is 0. The first-order valence-corrected chi connectivity index (χ1v) is 7.89. The zero-order chi connectivity index (χ0) is 16.1. The summed E-state index contributed by atoms with van der Waals surface area (Å²) in [4.78, 5) is 25.6. The molecule has 1 aliphatic carbocycles. The highest BCUT2D eigenvalue weighted by Gasteiger charge is 2.58. The van der Waals surface area contributed by atoms with Crippen LogP contribution in [0.25, 0.3) is 0 Å². The van der Waals surface area contributed by atoms with Crippen molar-refractivity contribution in [3.63, 3.8) is 0 Å². The van der Waals surface area contributed by atoms with Gasteiger partial charge in [0, 0.05) is 13.1 Å². The van der Waals surface area contributed by atoms with Crippen LogP contribution in [0.5, 0.6) is 0 Å². The second-order valence-electron chi connectivity index (χ2n) is 7.60. The number of benzene rings is 1. The maximum atomic E-state index is 12.6. The zero-order valence-electron chi connectivity index (χ0n) is 13.5. The number of aliphatic carboxylic acids is 1. The molecule has 0 aromatic heterocycles. The predicted octanol–water partition coefficient (Wildman–Crippen LogP) is 2.73. The summed E-state index contributed by atoms with van der Waals surface area (Å²) in [5.74, 6) is -1.17. The van der Waals surface area contributed by atoms with Gasteiger partial charge < -0.3 is 10.0 Å². The maximum Gasteiger partial charge on any atom is 0.319 e. The van der Waals surface area contributed by atoms with Crippen LogP contribution in [0.15, 0.2) is 18.2 Å². The smallest absolute Gasteiger partial charge is 0.319 e. The van der Waals surface area contributed by atoms with Crippen molar-refractivity contribution in [1.82, 2.24) is 4.90 Å². The van der Waals surface area contributed by atoms with E-state index in [0.717, 1.165) is 12.0 Å². The Kier molecular flexibility index (Phi) is 3.31. The first-order valence-electron chi connectivity index (χ1n) is 7.89. The zero-order valence-corrected chi connectivity index (χ0v) is 13.5. The minimum absolute atomic E-state index is 0.0695. The van der Waals surface area contributed by atoms with E-state index >= 15 is 0 Å². The van der Waals surface area contributed by atoms with Crippen molar-refractivity contribution >= 4 is 11.9 Å². The lowest BCUT2D eigenvalue weighted by molar-refractivity contribution is -0.153. The Morgan fingerprint density at radius 3 is 2.41 bits per heavy atom. The summed E-state index contributed by atoms with van der Waals surface area (Å²) in [5.41, 5.74) is 2.63. The second kappa shape index (κ2) is 4.83. The summed E-state index contributed by atoms with van der Waals surface area (Å²) >= 11 is 0. The first-order chi connectivity index (χ1) is 10.2. The molecule has 1 aromatic rings. The van der Waals surface area contributed by atoms with E-state index in [1.807, 2.05) is 0 Å². The van der Waals surface area contributed by atoms with Crippen molar-refractivity contribution in [2.24, 2.45) is 5.41 Å². The molecule has 22 heavy (non-hydrogen) atoms. The number of amides is 1. The Balaban J connectivity index is 1.84. The minimum atomic E-state index is -1.13. The molecule has 1 aliphatic heterocycles. The molecule has 1 fully saturated rings. The van der Waals surface area contributed by atoms with Gasteiger partial charge in [-0.05, 0) is 41.4 Å². The van der Waals surface area contributed by atoms with E-state index in [2.05, 4.69) is 39.0 Å². The third-order valence-corrected chi connectivity index (χ3v) is 4.94. The normalized spacial score (nSPS) is 19.5. The van der Waals surface area contributed by atoms with E-state index in [1.165, 1.54) is 11.1 Å². The van der Waals surface area contributed by atoms with Gasteiger partial charge in [0.2, 0.25) is 5.91 Å². The third kappa shape index (κ3) is 2.40. The van der Waals surface area contributed by atoms with Gasteiger partial charge in [0.25, 0.3) is 0 Å². The van der Waals surface area contributed by atoms with Gasteiger partial charge in [-0.1, -0.05) is 39.0 Å². The molecular weight excluding hydrogens is 278 g/mol. The standard InChI is InChI=1S/C18H23NO3/c1-17(2,3)14-5-4-12-6-9-19(11-13(12)10-14)15(20)18(7-8-18)16(21)22/h4-5,10H,6-9,11H2,1-3H3,(H,21,22). The van der Waals surface area contributed by atoms with Crippen molar-refractivity contribution in [1.29, 1.82) is 0 Å². The monoisotopic (exact) mass is 301 g/mol. The van der Waals surface area contributed by atoms with Crippen LogP contribution in [-0.2, 0) is 28.0 Å². The van der Waals surface area contributed by atoms with Crippen molar-refractivity contribution in [3.05, 3.63) is 34.9 Å². The SMILES string of the molecule is CC(C)(C)c1ccc2c(c1)CN(C(=O)C1(C(=O)O)CC1)CC2. The summed E-state index contributed by atoms with van der Waals surface area (Å²) in [6.45, 7) is 7.67. The lowest BCUT2D eigenvalue weighted by Crippen LogP contribution is -2.43. The van der Waals surface area contributed by atoms with Crippen LogP contribution in [0.2, 0.25) is 0 Å². The van der Waals surface area contributed by atoms with Crippen molar-refractivity contribution in [2.75, 3.05) is 6.54 Å². The van der Waals surface area contributed by atoms with Gasteiger partial charge in [0.1, 0.15) is 5.41 Å².